The average Bonchev–Trinajstić information content (AvgIpc) is 2.50. The Hall–Kier alpha value is -0.450. The van der Waals surface area contributed by atoms with Crippen molar-refractivity contribution in [3.05, 3.63) is 15.6 Å². The van der Waals surface area contributed by atoms with Crippen molar-refractivity contribution < 1.29 is 9.84 Å². The highest BCUT2D eigenvalue weighted by molar-refractivity contribution is 7.11. The summed E-state index contributed by atoms with van der Waals surface area (Å²) >= 11 is 1.54. The standard InChI is InChI=1S/C10H17NO2S/c1-5-8(13-4)10-11-6(2)9(14-10)7(3)12/h7-8,12H,5H2,1-4H3. The molecule has 4 heteroatoms. The minimum absolute atomic E-state index is 0.0613. The number of nitrogens with zero attached hydrogens (tertiary/aromatic N) is 1. The number of hydrogen-bond acceptors (Lipinski definition) is 4. The number of aliphatic hydroxyl groups is 1. The third-order valence-corrected chi connectivity index (χ3v) is 3.58. The van der Waals surface area contributed by atoms with E-state index in [1.807, 2.05) is 6.92 Å². The molecule has 80 valence electrons. The predicted octanol–water partition coefficient (Wildman–Crippen LogP) is 2.60. The molecule has 0 spiro atoms. The van der Waals surface area contributed by atoms with Gasteiger partial charge in [-0.3, -0.25) is 0 Å². The summed E-state index contributed by atoms with van der Waals surface area (Å²) in [6.07, 6.45) is 0.532. The van der Waals surface area contributed by atoms with Crippen molar-refractivity contribution in [1.29, 1.82) is 0 Å². The summed E-state index contributed by atoms with van der Waals surface area (Å²) in [5, 5.41) is 10.4. The molecular weight excluding hydrogens is 198 g/mol. The van der Waals surface area contributed by atoms with E-state index in [1.54, 1.807) is 14.0 Å². The van der Waals surface area contributed by atoms with Gasteiger partial charge in [0.25, 0.3) is 0 Å². The quantitative estimate of drug-likeness (QED) is 0.839. The molecule has 0 amide bonds. The van der Waals surface area contributed by atoms with Crippen LogP contribution in [-0.4, -0.2) is 17.2 Å². The van der Waals surface area contributed by atoms with E-state index in [0.717, 1.165) is 22.0 Å². The van der Waals surface area contributed by atoms with Crippen molar-refractivity contribution in [1.82, 2.24) is 4.98 Å². The zero-order chi connectivity index (χ0) is 10.7. The summed E-state index contributed by atoms with van der Waals surface area (Å²) in [5.74, 6) is 0. The van der Waals surface area contributed by atoms with E-state index in [-0.39, 0.29) is 6.10 Å². The Labute approximate surface area is 88.8 Å². The molecule has 0 aromatic carbocycles. The number of thiazole rings is 1. The molecule has 0 aliphatic heterocycles. The molecule has 0 saturated heterocycles. The number of aliphatic hydroxyl groups excluding tert-OH is 1. The Bertz CT molecular complexity index is 292. The minimum atomic E-state index is -0.435. The summed E-state index contributed by atoms with van der Waals surface area (Å²) in [6.45, 7) is 5.75. The summed E-state index contributed by atoms with van der Waals surface area (Å²) in [5.41, 5.74) is 0.913. The summed E-state index contributed by atoms with van der Waals surface area (Å²) in [6, 6.07) is 0. The van der Waals surface area contributed by atoms with E-state index >= 15 is 0 Å². The first-order chi connectivity index (χ1) is 6.60. The first kappa shape index (κ1) is 11.6. The highest BCUT2D eigenvalue weighted by atomic mass is 32.1. The molecule has 0 aliphatic carbocycles. The van der Waals surface area contributed by atoms with Gasteiger partial charge in [0.2, 0.25) is 0 Å². The molecule has 0 saturated carbocycles. The smallest absolute Gasteiger partial charge is 0.122 e. The molecule has 2 atom stereocenters. The molecule has 1 aromatic heterocycles. The number of methoxy groups -OCH3 is 1. The van der Waals surface area contributed by atoms with Gasteiger partial charge in [-0.15, -0.1) is 11.3 Å². The fourth-order valence-electron chi connectivity index (χ4n) is 1.40. The third-order valence-electron chi connectivity index (χ3n) is 2.16. The van der Waals surface area contributed by atoms with Crippen molar-refractivity contribution in [2.24, 2.45) is 0 Å². The SMILES string of the molecule is CCC(OC)c1nc(C)c(C(C)O)s1. The van der Waals surface area contributed by atoms with Gasteiger partial charge < -0.3 is 9.84 Å². The van der Waals surface area contributed by atoms with Crippen molar-refractivity contribution in [2.75, 3.05) is 7.11 Å². The van der Waals surface area contributed by atoms with Gasteiger partial charge in [-0.05, 0) is 20.3 Å². The van der Waals surface area contributed by atoms with E-state index in [2.05, 4.69) is 11.9 Å². The molecule has 0 aliphatic rings. The van der Waals surface area contributed by atoms with Crippen LogP contribution in [0.3, 0.4) is 0 Å². The van der Waals surface area contributed by atoms with Crippen LogP contribution in [0.4, 0.5) is 0 Å². The highest BCUT2D eigenvalue weighted by Gasteiger charge is 2.17. The lowest BCUT2D eigenvalue weighted by atomic mass is 10.3. The highest BCUT2D eigenvalue weighted by Crippen LogP contribution is 2.30. The fraction of sp³-hybridized carbons (Fsp3) is 0.700. The first-order valence-corrected chi connectivity index (χ1v) is 5.59. The van der Waals surface area contributed by atoms with E-state index < -0.39 is 6.10 Å². The summed E-state index contributed by atoms with van der Waals surface area (Å²) in [4.78, 5) is 5.35. The Kier molecular flexibility index (Phi) is 4.04. The number of aromatic nitrogens is 1. The molecule has 0 bridgehead atoms. The van der Waals surface area contributed by atoms with Crippen LogP contribution in [0, 0.1) is 6.92 Å². The average molecular weight is 215 g/mol. The van der Waals surface area contributed by atoms with Crippen molar-refractivity contribution in [3.63, 3.8) is 0 Å². The van der Waals surface area contributed by atoms with Gasteiger partial charge >= 0.3 is 0 Å². The second-order valence-electron chi connectivity index (χ2n) is 3.31. The van der Waals surface area contributed by atoms with Crippen LogP contribution in [0.2, 0.25) is 0 Å². The second-order valence-corrected chi connectivity index (χ2v) is 4.37. The van der Waals surface area contributed by atoms with Crippen LogP contribution in [0.1, 0.15) is 48.1 Å². The van der Waals surface area contributed by atoms with Gasteiger partial charge in [0.05, 0.1) is 16.7 Å². The van der Waals surface area contributed by atoms with Crippen LogP contribution < -0.4 is 0 Å². The maximum absolute atomic E-state index is 9.47. The van der Waals surface area contributed by atoms with Gasteiger partial charge in [-0.25, -0.2) is 4.98 Å². The zero-order valence-corrected chi connectivity index (χ0v) is 9.89. The molecular formula is C10H17NO2S. The number of rotatable bonds is 4. The Morgan fingerprint density at radius 2 is 2.21 bits per heavy atom. The lowest BCUT2D eigenvalue weighted by molar-refractivity contribution is 0.0997. The summed E-state index contributed by atoms with van der Waals surface area (Å²) < 4.78 is 5.30. The maximum Gasteiger partial charge on any atom is 0.122 e. The van der Waals surface area contributed by atoms with Gasteiger partial charge in [0.1, 0.15) is 11.1 Å². The molecule has 0 radical (unpaired) electrons. The lowest BCUT2D eigenvalue weighted by Crippen LogP contribution is -1.98. The van der Waals surface area contributed by atoms with Crippen molar-refractivity contribution >= 4 is 11.3 Å². The van der Waals surface area contributed by atoms with Crippen LogP contribution in [0.25, 0.3) is 0 Å². The topological polar surface area (TPSA) is 42.4 Å². The van der Waals surface area contributed by atoms with Crippen LogP contribution >= 0.6 is 11.3 Å². The van der Waals surface area contributed by atoms with E-state index in [1.165, 1.54) is 11.3 Å². The van der Waals surface area contributed by atoms with Gasteiger partial charge in [0.15, 0.2) is 0 Å². The van der Waals surface area contributed by atoms with E-state index in [0.29, 0.717) is 0 Å². The number of hydrogen-bond donors (Lipinski definition) is 1. The molecule has 3 nitrogen and oxygen atoms in total. The Morgan fingerprint density at radius 1 is 1.57 bits per heavy atom. The summed E-state index contributed by atoms with van der Waals surface area (Å²) in [7, 11) is 1.69. The number of aryl methyl sites for hydroxylation is 1. The van der Waals surface area contributed by atoms with Crippen molar-refractivity contribution in [2.45, 2.75) is 39.4 Å². The second kappa shape index (κ2) is 4.87. The predicted molar refractivity (Wildman–Crippen MR) is 57.5 cm³/mol. The minimum Gasteiger partial charge on any atom is -0.388 e. The monoisotopic (exact) mass is 215 g/mol. The van der Waals surface area contributed by atoms with E-state index in [4.69, 9.17) is 4.74 Å². The van der Waals surface area contributed by atoms with Crippen LogP contribution in [0.15, 0.2) is 0 Å². The lowest BCUT2D eigenvalue weighted by Gasteiger charge is -2.08. The molecule has 14 heavy (non-hydrogen) atoms. The van der Waals surface area contributed by atoms with Gasteiger partial charge in [0, 0.05) is 7.11 Å². The number of ether oxygens (including phenoxy) is 1. The molecule has 1 rings (SSSR count). The maximum atomic E-state index is 9.47. The molecule has 1 N–H and O–H groups in total. The van der Waals surface area contributed by atoms with Crippen LogP contribution in [-0.2, 0) is 4.74 Å². The van der Waals surface area contributed by atoms with Gasteiger partial charge in [-0.2, -0.15) is 0 Å². The van der Waals surface area contributed by atoms with Crippen LogP contribution in [0.5, 0.6) is 0 Å². The largest absolute Gasteiger partial charge is 0.388 e. The Balaban J connectivity index is 2.95. The Morgan fingerprint density at radius 3 is 2.57 bits per heavy atom. The molecule has 0 fully saturated rings. The molecule has 2 unspecified atom stereocenters. The third kappa shape index (κ3) is 2.32. The first-order valence-electron chi connectivity index (χ1n) is 4.78. The fourth-order valence-corrected chi connectivity index (χ4v) is 2.56. The molecule has 1 aromatic rings. The van der Waals surface area contributed by atoms with Gasteiger partial charge in [-0.1, -0.05) is 6.92 Å². The van der Waals surface area contributed by atoms with E-state index in [9.17, 15) is 5.11 Å². The zero-order valence-electron chi connectivity index (χ0n) is 9.07. The van der Waals surface area contributed by atoms with Crippen molar-refractivity contribution in [3.8, 4) is 0 Å². The normalized spacial score (nSPS) is 15.5. The molecule has 1 heterocycles.